The zero-order valence-electron chi connectivity index (χ0n) is 20.7. The van der Waals surface area contributed by atoms with Gasteiger partial charge in [0.2, 0.25) is 0 Å². The summed E-state index contributed by atoms with van der Waals surface area (Å²) in [6.07, 6.45) is 2.63. The van der Waals surface area contributed by atoms with Crippen LogP contribution in [0.3, 0.4) is 0 Å². The van der Waals surface area contributed by atoms with Crippen LogP contribution in [0.4, 0.5) is 11.4 Å². The van der Waals surface area contributed by atoms with Crippen molar-refractivity contribution in [3.63, 3.8) is 0 Å². The van der Waals surface area contributed by atoms with Crippen LogP contribution in [0.5, 0.6) is 11.5 Å². The third-order valence-corrected chi connectivity index (χ3v) is 5.90. The lowest BCUT2D eigenvalue weighted by Gasteiger charge is -2.37. The molecule has 34 heavy (non-hydrogen) atoms. The minimum absolute atomic E-state index is 0.208. The Morgan fingerprint density at radius 3 is 2.03 bits per heavy atom. The molecule has 2 aromatic rings. The molecule has 0 unspecified atom stereocenters. The van der Waals surface area contributed by atoms with Gasteiger partial charge in [0.15, 0.2) is 0 Å². The minimum atomic E-state index is -0.507. The monoisotopic (exact) mass is 468 g/mol. The summed E-state index contributed by atoms with van der Waals surface area (Å²) in [4.78, 5) is 12.2. The fourth-order valence-electron chi connectivity index (χ4n) is 3.04. The molecule has 1 fully saturated rings. The molecular weight excluding hydrogens is 432 g/mol. The van der Waals surface area contributed by atoms with E-state index in [2.05, 4.69) is 17.2 Å². The van der Waals surface area contributed by atoms with Crippen LogP contribution < -0.4 is 9.47 Å². The maximum Gasteiger partial charge on any atom is 0.316 e. The molecule has 184 valence electrons. The average Bonchev–Trinajstić information content (AvgIpc) is 2.82. The Hall–Kier alpha value is -2.77. The van der Waals surface area contributed by atoms with Crippen LogP contribution in [0.1, 0.15) is 47.0 Å². The predicted octanol–water partition coefficient (Wildman–Crippen LogP) is 6.66. The van der Waals surface area contributed by atoms with Crippen molar-refractivity contribution in [2.75, 3.05) is 33.0 Å². The molecule has 0 aliphatic carbocycles. The number of unbranched alkanes of at least 4 members (excludes halogenated alkanes) is 1. The highest BCUT2D eigenvalue weighted by molar-refractivity contribution is 5.78. The third kappa shape index (κ3) is 7.92. The fourth-order valence-corrected chi connectivity index (χ4v) is 3.04. The van der Waals surface area contributed by atoms with Crippen LogP contribution in [-0.2, 0) is 14.3 Å². The van der Waals surface area contributed by atoms with E-state index in [4.69, 9.17) is 18.9 Å². The molecule has 0 atom stereocenters. The van der Waals surface area contributed by atoms with Gasteiger partial charge in [-0.1, -0.05) is 13.8 Å². The van der Waals surface area contributed by atoms with E-state index in [9.17, 15) is 4.79 Å². The lowest BCUT2D eigenvalue weighted by molar-refractivity contribution is -0.144. The molecule has 2 aromatic carbocycles. The summed E-state index contributed by atoms with van der Waals surface area (Å²) in [7, 11) is 0. The van der Waals surface area contributed by atoms with E-state index in [-0.39, 0.29) is 11.4 Å². The minimum Gasteiger partial charge on any atom is -0.494 e. The number of carbonyl (C=O) groups excluding carboxylic acids is 1. The van der Waals surface area contributed by atoms with Crippen LogP contribution in [-0.4, -0.2) is 39.0 Å². The standard InChI is InChI=1S/C27H36N2O5/c1-5-26(2,3)25(30)34-24-14-10-22(11-15-24)29-28-21-8-12-23(13-9-21)33-17-7-6-16-31-18-27(4)19-32-20-27/h8-15H,5-7,16-20H2,1-4H3/b29-28+. The van der Waals surface area contributed by atoms with Gasteiger partial charge in [-0.3, -0.25) is 4.79 Å². The first-order chi connectivity index (χ1) is 16.3. The Kier molecular flexibility index (Phi) is 9.19. The Labute approximate surface area is 202 Å². The number of hydrogen-bond acceptors (Lipinski definition) is 7. The lowest BCUT2D eigenvalue weighted by atomic mass is 9.90. The summed E-state index contributed by atoms with van der Waals surface area (Å²) in [5.41, 5.74) is 1.11. The summed E-state index contributed by atoms with van der Waals surface area (Å²) in [6, 6.07) is 14.5. The molecule has 1 saturated heterocycles. The summed E-state index contributed by atoms with van der Waals surface area (Å²) < 4.78 is 22.2. The van der Waals surface area contributed by atoms with Crippen molar-refractivity contribution >= 4 is 17.3 Å². The second-order valence-corrected chi connectivity index (χ2v) is 9.73. The molecule has 1 aliphatic heterocycles. The Morgan fingerprint density at radius 2 is 1.50 bits per heavy atom. The van der Waals surface area contributed by atoms with E-state index in [1.54, 1.807) is 24.3 Å². The summed E-state index contributed by atoms with van der Waals surface area (Å²) in [5.74, 6) is 1.06. The number of benzene rings is 2. The fraction of sp³-hybridized carbons (Fsp3) is 0.519. The molecule has 7 heteroatoms. The molecule has 0 N–H and O–H groups in total. The first-order valence-corrected chi connectivity index (χ1v) is 11.9. The Balaban J connectivity index is 1.36. The molecule has 3 rings (SSSR count). The highest BCUT2D eigenvalue weighted by Crippen LogP contribution is 2.27. The van der Waals surface area contributed by atoms with Crippen molar-refractivity contribution < 1.29 is 23.7 Å². The largest absolute Gasteiger partial charge is 0.494 e. The highest BCUT2D eigenvalue weighted by Gasteiger charge is 2.33. The Bertz CT molecular complexity index is 934. The second kappa shape index (κ2) is 12.1. The predicted molar refractivity (Wildman–Crippen MR) is 131 cm³/mol. The van der Waals surface area contributed by atoms with Crippen molar-refractivity contribution in [1.29, 1.82) is 0 Å². The van der Waals surface area contributed by atoms with Gasteiger partial charge in [-0.2, -0.15) is 10.2 Å². The number of azo groups is 1. The van der Waals surface area contributed by atoms with Crippen LogP contribution in [0.25, 0.3) is 0 Å². The van der Waals surface area contributed by atoms with Crippen molar-refractivity contribution in [3.8, 4) is 11.5 Å². The first-order valence-electron chi connectivity index (χ1n) is 11.9. The average molecular weight is 469 g/mol. The van der Waals surface area contributed by atoms with Gasteiger partial charge in [0.25, 0.3) is 0 Å². The van der Waals surface area contributed by atoms with E-state index in [0.717, 1.165) is 50.7 Å². The lowest BCUT2D eigenvalue weighted by Crippen LogP contribution is -2.43. The molecule has 1 aliphatic rings. The molecular formula is C27H36N2O5. The zero-order chi connectivity index (χ0) is 24.4. The van der Waals surface area contributed by atoms with Crippen molar-refractivity contribution in [1.82, 2.24) is 0 Å². The van der Waals surface area contributed by atoms with Crippen LogP contribution in [0.15, 0.2) is 58.8 Å². The Morgan fingerprint density at radius 1 is 0.941 bits per heavy atom. The number of ether oxygens (including phenoxy) is 4. The van der Waals surface area contributed by atoms with Crippen molar-refractivity contribution in [2.24, 2.45) is 21.1 Å². The van der Waals surface area contributed by atoms with E-state index in [1.165, 1.54) is 0 Å². The first kappa shape index (κ1) is 25.8. The van der Waals surface area contributed by atoms with Crippen LogP contribution in [0.2, 0.25) is 0 Å². The van der Waals surface area contributed by atoms with Crippen molar-refractivity contribution in [2.45, 2.75) is 47.0 Å². The topological polar surface area (TPSA) is 78.7 Å². The van der Waals surface area contributed by atoms with Gasteiger partial charge >= 0.3 is 5.97 Å². The SMILES string of the molecule is CCC(C)(C)C(=O)Oc1ccc(/N=N/c2ccc(OCCCCOCC3(C)COC3)cc2)cc1. The number of esters is 1. The molecule has 1 heterocycles. The maximum atomic E-state index is 12.2. The van der Waals surface area contributed by atoms with Gasteiger partial charge in [-0.25, -0.2) is 0 Å². The molecule has 0 radical (unpaired) electrons. The van der Waals surface area contributed by atoms with Gasteiger partial charge in [0, 0.05) is 12.0 Å². The number of nitrogens with zero attached hydrogens (tertiary/aromatic N) is 2. The molecule has 0 saturated carbocycles. The summed E-state index contributed by atoms with van der Waals surface area (Å²) in [5, 5.41) is 8.50. The molecule has 0 aromatic heterocycles. The normalized spacial score (nSPS) is 15.2. The molecule has 0 bridgehead atoms. The van der Waals surface area contributed by atoms with Gasteiger partial charge < -0.3 is 18.9 Å². The number of carbonyl (C=O) groups is 1. The van der Waals surface area contributed by atoms with E-state index in [1.807, 2.05) is 45.0 Å². The van der Waals surface area contributed by atoms with Gasteiger partial charge in [-0.05, 0) is 81.6 Å². The molecule has 7 nitrogen and oxygen atoms in total. The maximum absolute atomic E-state index is 12.2. The zero-order valence-corrected chi connectivity index (χ0v) is 20.7. The van der Waals surface area contributed by atoms with Gasteiger partial charge in [0.1, 0.15) is 11.5 Å². The van der Waals surface area contributed by atoms with Gasteiger partial charge in [0.05, 0.1) is 43.2 Å². The van der Waals surface area contributed by atoms with Crippen LogP contribution >= 0.6 is 0 Å². The summed E-state index contributed by atoms with van der Waals surface area (Å²) in [6.45, 7) is 11.7. The van der Waals surface area contributed by atoms with E-state index < -0.39 is 5.41 Å². The van der Waals surface area contributed by atoms with Crippen molar-refractivity contribution in [3.05, 3.63) is 48.5 Å². The van der Waals surface area contributed by atoms with Gasteiger partial charge in [-0.15, -0.1) is 0 Å². The molecule has 0 spiro atoms. The number of rotatable bonds is 13. The van der Waals surface area contributed by atoms with Crippen LogP contribution in [0, 0.1) is 10.8 Å². The second-order valence-electron chi connectivity index (χ2n) is 9.73. The summed E-state index contributed by atoms with van der Waals surface area (Å²) >= 11 is 0. The molecule has 0 amide bonds. The number of hydrogen-bond donors (Lipinski definition) is 0. The van der Waals surface area contributed by atoms with E-state index in [0.29, 0.717) is 24.5 Å². The quantitative estimate of drug-likeness (QED) is 0.142. The van der Waals surface area contributed by atoms with E-state index >= 15 is 0 Å². The third-order valence-electron chi connectivity index (χ3n) is 5.90. The highest BCUT2D eigenvalue weighted by atomic mass is 16.5. The smallest absolute Gasteiger partial charge is 0.316 e.